The molecule has 1 aromatic heterocycles. The summed E-state index contributed by atoms with van der Waals surface area (Å²) in [6, 6.07) is 7.71. The maximum Gasteiger partial charge on any atom is 0.258 e. The van der Waals surface area contributed by atoms with Gasteiger partial charge in [-0.3, -0.25) is 9.48 Å². The Bertz CT molecular complexity index is 646. The SMILES string of the molecule is CCCNc1ccc(C)cc1C(=O)Nc1cc(C)nn1C. The van der Waals surface area contributed by atoms with Gasteiger partial charge in [-0.15, -0.1) is 0 Å². The van der Waals surface area contributed by atoms with Crippen LogP contribution in [-0.4, -0.2) is 22.2 Å². The maximum atomic E-state index is 12.5. The lowest BCUT2D eigenvalue weighted by Crippen LogP contribution is -2.17. The van der Waals surface area contributed by atoms with Gasteiger partial charge in [0.25, 0.3) is 5.91 Å². The third kappa shape index (κ3) is 3.62. The van der Waals surface area contributed by atoms with E-state index >= 15 is 0 Å². The van der Waals surface area contributed by atoms with Gasteiger partial charge in [-0.25, -0.2) is 0 Å². The molecule has 0 bridgehead atoms. The van der Waals surface area contributed by atoms with Crippen LogP contribution < -0.4 is 10.6 Å². The highest BCUT2D eigenvalue weighted by Gasteiger charge is 2.13. The Morgan fingerprint density at radius 1 is 1.29 bits per heavy atom. The Morgan fingerprint density at radius 3 is 2.67 bits per heavy atom. The van der Waals surface area contributed by atoms with Crippen molar-refractivity contribution in [3.8, 4) is 0 Å². The number of carbonyl (C=O) groups is 1. The fourth-order valence-corrected chi connectivity index (χ4v) is 2.17. The highest BCUT2D eigenvalue weighted by atomic mass is 16.1. The van der Waals surface area contributed by atoms with Crippen LogP contribution in [0.25, 0.3) is 0 Å². The molecule has 1 amide bonds. The first kappa shape index (κ1) is 15.1. The standard InChI is InChI=1S/C16H22N4O/c1-5-8-17-14-7-6-11(2)9-13(14)16(21)18-15-10-12(3)19-20(15)4/h6-7,9-10,17H,5,8H2,1-4H3,(H,18,21). The summed E-state index contributed by atoms with van der Waals surface area (Å²) < 4.78 is 1.67. The average molecular weight is 286 g/mol. The van der Waals surface area contributed by atoms with E-state index in [1.54, 1.807) is 4.68 Å². The molecule has 0 aliphatic rings. The number of benzene rings is 1. The second kappa shape index (κ2) is 6.43. The Morgan fingerprint density at radius 2 is 2.05 bits per heavy atom. The van der Waals surface area contributed by atoms with Crippen LogP contribution in [0.2, 0.25) is 0 Å². The van der Waals surface area contributed by atoms with Crippen molar-refractivity contribution in [2.24, 2.45) is 7.05 Å². The van der Waals surface area contributed by atoms with Gasteiger partial charge in [0.05, 0.1) is 11.3 Å². The molecule has 21 heavy (non-hydrogen) atoms. The third-order valence-electron chi connectivity index (χ3n) is 3.23. The number of hydrogen-bond donors (Lipinski definition) is 2. The summed E-state index contributed by atoms with van der Waals surface area (Å²) in [5, 5.41) is 10.4. The molecule has 2 N–H and O–H groups in total. The number of aryl methyl sites for hydroxylation is 3. The molecule has 0 saturated heterocycles. The van der Waals surface area contributed by atoms with Crippen molar-refractivity contribution in [3.63, 3.8) is 0 Å². The van der Waals surface area contributed by atoms with Crippen LogP contribution >= 0.6 is 0 Å². The molecule has 112 valence electrons. The number of anilines is 2. The van der Waals surface area contributed by atoms with Gasteiger partial charge in [0.2, 0.25) is 0 Å². The van der Waals surface area contributed by atoms with Gasteiger partial charge in [0.1, 0.15) is 5.82 Å². The Kier molecular flexibility index (Phi) is 4.62. The zero-order valence-corrected chi connectivity index (χ0v) is 13.0. The third-order valence-corrected chi connectivity index (χ3v) is 3.23. The molecule has 1 aromatic carbocycles. The van der Waals surface area contributed by atoms with E-state index in [0.29, 0.717) is 11.4 Å². The van der Waals surface area contributed by atoms with Crippen molar-refractivity contribution in [1.29, 1.82) is 0 Å². The minimum Gasteiger partial charge on any atom is -0.384 e. The van der Waals surface area contributed by atoms with Gasteiger partial charge >= 0.3 is 0 Å². The molecule has 0 fully saturated rings. The molecule has 2 aromatic rings. The van der Waals surface area contributed by atoms with Crippen molar-refractivity contribution >= 4 is 17.4 Å². The van der Waals surface area contributed by atoms with E-state index in [2.05, 4.69) is 22.7 Å². The number of rotatable bonds is 5. The first-order chi connectivity index (χ1) is 10.0. The second-order valence-electron chi connectivity index (χ2n) is 5.22. The topological polar surface area (TPSA) is 59.0 Å². The second-order valence-corrected chi connectivity index (χ2v) is 5.22. The molecule has 5 heteroatoms. The Labute approximate surface area is 125 Å². The molecule has 0 aliphatic carbocycles. The van der Waals surface area contributed by atoms with E-state index in [9.17, 15) is 4.79 Å². The molecule has 0 radical (unpaired) electrons. The summed E-state index contributed by atoms with van der Waals surface area (Å²) in [5.41, 5.74) is 3.45. The van der Waals surface area contributed by atoms with Crippen LogP contribution in [0.3, 0.4) is 0 Å². The smallest absolute Gasteiger partial charge is 0.258 e. The van der Waals surface area contributed by atoms with Crippen LogP contribution in [0.15, 0.2) is 24.3 Å². The van der Waals surface area contributed by atoms with Crippen LogP contribution in [0.1, 0.15) is 35.0 Å². The Balaban J connectivity index is 2.25. The normalized spacial score (nSPS) is 10.5. The maximum absolute atomic E-state index is 12.5. The first-order valence-corrected chi connectivity index (χ1v) is 7.17. The van der Waals surface area contributed by atoms with Crippen molar-refractivity contribution in [2.75, 3.05) is 17.2 Å². The number of nitrogens with zero attached hydrogens (tertiary/aromatic N) is 2. The Hall–Kier alpha value is -2.30. The molecular weight excluding hydrogens is 264 g/mol. The van der Waals surface area contributed by atoms with Crippen LogP contribution in [-0.2, 0) is 7.05 Å². The van der Waals surface area contributed by atoms with Gasteiger partial charge in [-0.05, 0) is 32.4 Å². The van der Waals surface area contributed by atoms with E-state index in [1.165, 1.54) is 0 Å². The molecule has 0 aliphatic heterocycles. The van der Waals surface area contributed by atoms with E-state index in [4.69, 9.17) is 0 Å². The highest BCUT2D eigenvalue weighted by molar-refractivity contribution is 6.07. The average Bonchev–Trinajstić information content (AvgIpc) is 2.75. The summed E-state index contributed by atoms with van der Waals surface area (Å²) in [4.78, 5) is 12.5. The van der Waals surface area contributed by atoms with Gasteiger partial charge < -0.3 is 10.6 Å². The summed E-state index contributed by atoms with van der Waals surface area (Å²) in [6.07, 6.45) is 1.01. The van der Waals surface area contributed by atoms with Crippen LogP contribution in [0.4, 0.5) is 11.5 Å². The minimum atomic E-state index is -0.125. The molecule has 1 heterocycles. The lowest BCUT2D eigenvalue weighted by atomic mass is 10.1. The zero-order valence-electron chi connectivity index (χ0n) is 13.0. The molecule has 0 atom stereocenters. The van der Waals surface area contributed by atoms with Gasteiger partial charge in [-0.1, -0.05) is 18.6 Å². The number of aromatic nitrogens is 2. The molecule has 2 rings (SSSR count). The van der Waals surface area contributed by atoms with Crippen molar-refractivity contribution in [3.05, 3.63) is 41.1 Å². The molecular formula is C16H22N4O. The van der Waals surface area contributed by atoms with Crippen LogP contribution in [0.5, 0.6) is 0 Å². The van der Waals surface area contributed by atoms with Crippen molar-refractivity contribution in [2.45, 2.75) is 27.2 Å². The number of nitrogens with one attached hydrogen (secondary N) is 2. The fraction of sp³-hybridized carbons (Fsp3) is 0.375. The van der Waals surface area contributed by atoms with E-state index in [-0.39, 0.29) is 5.91 Å². The highest BCUT2D eigenvalue weighted by Crippen LogP contribution is 2.19. The predicted octanol–water partition coefficient (Wildman–Crippen LogP) is 3.11. The molecule has 0 unspecified atom stereocenters. The predicted molar refractivity (Wildman–Crippen MR) is 85.9 cm³/mol. The number of amides is 1. The summed E-state index contributed by atoms with van der Waals surface area (Å²) >= 11 is 0. The van der Waals surface area contributed by atoms with Crippen LogP contribution in [0, 0.1) is 13.8 Å². The zero-order chi connectivity index (χ0) is 15.4. The van der Waals surface area contributed by atoms with Crippen molar-refractivity contribution < 1.29 is 4.79 Å². The summed E-state index contributed by atoms with van der Waals surface area (Å²) in [7, 11) is 1.81. The van der Waals surface area contributed by atoms with Gasteiger partial charge in [0.15, 0.2) is 0 Å². The molecule has 0 spiro atoms. The first-order valence-electron chi connectivity index (χ1n) is 7.17. The monoisotopic (exact) mass is 286 g/mol. The van der Waals surface area contributed by atoms with E-state index < -0.39 is 0 Å². The minimum absolute atomic E-state index is 0.125. The number of hydrogen-bond acceptors (Lipinski definition) is 3. The van der Waals surface area contributed by atoms with Crippen molar-refractivity contribution in [1.82, 2.24) is 9.78 Å². The fourth-order valence-electron chi connectivity index (χ4n) is 2.17. The van der Waals surface area contributed by atoms with E-state index in [1.807, 2.05) is 45.2 Å². The lowest BCUT2D eigenvalue weighted by Gasteiger charge is -2.12. The lowest BCUT2D eigenvalue weighted by molar-refractivity contribution is 0.102. The summed E-state index contributed by atoms with van der Waals surface area (Å²) in [6.45, 7) is 6.82. The summed E-state index contributed by atoms with van der Waals surface area (Å²) in [5.74, 6) is 0.570. The molecule has 5 nitrogen and oxygen atoms in total. The molecule has 0 saturated carbocycles. The van der Waals surface area contributed by atoms with Gasteiger partial charge in [-0.2, -0.15) is 5.10 Å². The quantitative estimate of drug-likeness (QED) is 0.888. The largest absolute Gasteiger partial charge is 0.384 e. The van der Waals surface area contributed by atoms with Gasteiger partial charge in [0, 0.05) is 25.3 Å². The van der Waals surface area contributed by atoms with E-state index in [0.717, 1.165) is 29.9 Å². The number of carbonyl (C=O) groups excluding carboxylic acids is 1.